The predicted molar refractivity (Wildman–Crippen MR) is 124 cm³/mol. The molecule has 0 aliphatic rings. The van der Waals surface area contributed by atoms with Gasteiger partial charge in [-0.15, -0.1) is 10.2 Å². The standard InChI is InChI=1S/C20H17ClN4O4S3/c21-15-7-3-1-6-14(15)11-30-19-24-25-20(32-19)31-12-17(26)23-22-9-13-5-2-4-8-16(13)29-10-18(27)28/h1-9H,10-12H2,(H,23,26)(H,27,28)/p-1/b22-9-. The van der Waals surface area contributed by atoms with Gasteiger partial charge in [0.2, 0.25) is 0 Å². The summed E-state index contributed by atoms with van der Waals surface area (Å²) in [5.74, 6) is -0.532. The highest BCUT2D eigenvalue weighted by Gasteiger charge is 2.09. The number of carbonyl (C=O) groups excluding carboxylic acids is 2. The van der Waals surface area contributed by atoms with Crippen LogP contribution in [-0.4, -0.2) is 40.6 Å². The molecule has 166 valence electrons. The molecule has 0 fully saturated rings. The Morgan fingerprint density at radius 1 is 1.12 bits per heavy atom. The second-order valence-electron chi connectivity index (χ2n) is 5.99. The summed E-state index contributed by atoms with van der Waals surface area (Å²) in [5, 5.41) is 23.4. The normalized spacial score (nSPS) is 10.9. The first-order valence-electron chi connectivity index (χ1n) is 9.07. The Bertz CT molecular complexity index is 1110. The summed E-state index contributed by atoms with van der Waals surface area (Å²) in [6.07, 6.45) is 1.38. The third kappa shape index (κ3) is 7.83. The number of carboxylic acid groups (broad SMARTS) is 1. The molecule has 0 bridgehead atoms. The van der Waals surface area contributed by atoms with Crippen LogP contribution in [0.2, 0.25) is 5.02 Å². The number of benzene rings is 2. The number of amides is 1. The summed E-state index contributed by atoms with van der Waals surface area (Å²) in [6.45, 7) is -0.575. The largest absolute Gasteiger partial charge is 0.546 e. The van der Waals surface area contributed by atoms with E-state index in [-0.39, 0.29) is 11.7 Å². The summed E-state index contributed by atoms with van der Waals surface area (Å²) in [4.78, 5) is 22.6. The average molecular weight is 508 g/mol. The minimum absolute atomic E-state index is 0.115. The van der Waals surface area contributed by atoms with Crippen molar-refractivity contribution in [3.05, 3.63) is 64.7 Å². The van der Waals surface area contributed by atoms with Crippen LogP contribution >= 0.6 is 46.5 Å². The van der Waals surface area contributed by atoms with Crippen molar-refractivity contribution in [1.82, 2.24) is 15.6 Å². The molecule has 3 rings (SSSR count). The van der Waals surface area contributed by atoms with Gasteiger partial charge >= 0.3 is 0 Å². The monoisotopic (exact) mass is 507 g/mol. The number of carbonyl (C=O) groups is 2. The molecule has 0 radical (unpaired) electrons. The zero-order valence-corrected chi connectivity index (χ0v) is 19.6. The molecule has 32 heavy (non-hydrogen) atoms. The zero-order chi connectivity index (χ0) is 22.8. The quantitative estimate of drug-likeness (QED) is 0.239. The molecule has 1 amide bonds. The number of para-hydroxylation sites is 1. The van der Waals surface area contributed by atoms with Crippen LogP contribution in [0.25, 0.3) is 0 Å². The second-order valence-corrected chi connectivity index (χ2v) is 9.82. The first-order chi connectivity index (χ1) is 15.5. The lowest BCUT2D eigenvalue weighted by molar-refractivity contribution is -0.307. The van der Waals surface area contributed by atoms with E-state index in [0.717, 1.165) is 9.90 Å². The lowest BCUT2D eigenvalue weighted by Gasteiger charge is -2.08. The van der Waals surface area contributed by atoms with E-state index in [1.165, 1.54) is 41.1 Å². The number of carboxylic acids is 1. The van der Waals surface area contributed by atoms with E-state index in [0.29, 0.717) is 26.4 Å². The van der Waals surface area contributed by atoms with Crippen LogP contribution in [0.4, 0.5) is 0 Å². The topological polar surface area (TPSA) is 117 Å². The first-order valence-corrected chi connectivity index (χ1v) is 12.2. The van der Waals surface area contributed by atoms with Crippen molar-refractivity contribution in [3.8, 4) is 5.75 Å². The van der Waals surface area contributed by atoms with Crippen LogP contribution in [-0.2, 0) is 15.3 Å². The van der Waals surface area contributed by atoms with E-state index in [1.54, 1.807) is 24.3 Å². The Morgan fingerprint density at radius 3 is 2.62 bits per heavy atom. The minimum Gasteiger partial charge on any atom is -0.546 e. The van der Waals surface area contributed by atoms with Gasteiger partial charge in [0.05, 0.1) is 17.9 Å². The fourth-order valence-corrected chi connectivity index (χ4v) is 5.36. The maximum atomic E-state index is 12.0. The van der Waals surface area contributed by atoms with Gasteiger partial charge < -0.3 is 14.6 Å². The number of nitrogens with one attached hydrogen (secondary N) is 1. The molecule has 8 nitrogen and oxygen atoms in total. The third-order valence-corrected chi connectivity index (χ3v) is 7.29. The number of aliphatic carboxylic acids is 1. The highest BCUT2D eigenvalue weighted by Crippen LogP contribution is 2.32. The summed E-state index contributed by atoms with van der Waals surface area (Å²) < 4.78 is 6.59. The Morgan fingerprint density at radius 2 is 1.84 bits per heavy atom. The maximum Gasteiger partial charge on any atom is 0.250 e. The predicted octanol–water partition coefficient (Wildman–Crippen LogP) is 2.85. The van der Waals surface area contributed by atoms with Gasteiger partial charge in [-0.05, 0) is 23.8 Å². The maximum absolute atomic E-state index is 12.0. The van der Waals surface area contributed by atoms with E-state index in [2.05, 4.69) is 20.7 Å². The molecular formula is C20H16ClN4O4S3-. The minimum atomic E-state index is -1.33. The summed E-state index contributed by atoms with van der Waals surface area (Å²) in [5.41, 5.74) is 3.96. The van der Waals surface area contributed by atoms with Crippen molar-refractivity contribution in [2.75, 3.05) is 12.4 Å². The molecule has 0 spiro atoms. The number of rotatable bonds is 11. The van der Waals surface area contributed by atoms with Crippen LogP contribution in [0.1, 0.15) is 11.1 Å². The van der Waals surface area contributed by atoms with Gasteiger partial charge in [0.15, 0.2) is 8.68 Å². The smallest absolute Gasteiger partial charge is 0.250 e. The number of hydrogen-bond acceptors (Lipinski definition) is 10. The van der Waals surface area contributed by atoms with Crippen molar-refractivity contribution in [3.63, 3.8) is 0 Å². The number of thioether (sulfide) groups is 2. The van der Waals surface area contributed by atoms with E-state index in [4.69, 9.17) is 16.3 Å². The Labute approximate surface area is 201 Å². The van der Waals surface area contributed by atoms with Gasteiger partial charge in [0, 0.05) is 16.3 Å². The Kier molecular flexibility index (Phi) is 9.35. The molecule has 0 saturated carbocycles. The van der Waals surface area contributed by atoms with Crippen LogP contribution in [0.3, 0.4) is 0 Å². The number of hydrogen-bond donors (Lipinski definition) is 1. The van der Waals surface area contributed by atoms with E-state index in [1.807, 2.05) is 24.3 Å². The van der Waals surface area contributed by atoms with Crippen LogP contribution in [0.5, 0.6) is 5.75 Å². The number of aromatic nitrogens is 2. The third-order valence-electron chi connectivity index (χ3n) is 3.68. The molecule has 0 saturated heterocycles. The van der Waals surface area contributed by atoms with E-state index < -0.39 is 12.6 Å². The highest BCUT2D eigenvalue weighted by molar-refractivity contribution is 8.03. The fourth-order valence-electron chi connectivity index (χ4n) is 2.26. The lowest BCUT2D eigenvalue weighted by Crippen LogP contribution is -2.29. The van der Waals surface area contributed by atoms with Crippen LogP contribution in [0, 0.1) is 0 Å². The summed E-state index contributed by atoms with van der Waals surface area (Å²) >= 11 is 10.4. The van der Waals surface area contributed by atoms with Gasteiger partial charge in [-0.25, -0.2) is 5.43 Å². The van der Waals surface area contributed by atoms with Gasteiger partial charge in [-0.2, -0.15) is 5.10 Å². The Balaban J connectivity index is 1.44. The lowest BCUT2D eigenvalue weighted by atomic mass is 10.2. The second kappa shape index (κ2) is 12.4. The molecule has 0 aliphatic heterocycles. The molecule has 3 aromatic rings. The highest BCUT2D eigenvalue weighted by atomic mass is 35.5. The van der Waals surface area contributed by atoms with Gasteiger partial charge in [0.25, 0.3) is 5.91 Å². The average Bonchev–Trinajstić information content (AvgIpc) is 3.24. The molecule has 0 unspecified atom stereocenters. The Hall–Kier alpha value is -2.60. The van der Waals surface area contributed by atoms with Crippen molar-refractivity contribution in [2.45, 2.75) is 14.4 Å². The number of halogens is 1. The summed E-state index contributed by atoms with van der Waals surface area (Å²) in [7, 11) is 0. The number of nitrogens with zero attached hydrogens (tertiary/aromatic N) is 3. The molecular weight excluding hydrogens is 492 g/mol. The molecule has 1 heterocycles. The van der Waals surface area contributed by atoms with Crippen molar-refractivity contribution < 1.29 is 19.4 Å². The first kappa shape index (κ1) is 24.1. The molecule has 2 aromatic carbocycles. The van der Waals surface area contributed by atoms with Gasteiger partial charge in [-0.3, -0.25) is 4.79 Å². The van der Waals surface area contributed by atoms with E-state index in [9.17, 15) is 14.7 Å². The van der Waals surface area contributed by atoms with Gasteiger partial charge in [0.1, 0.15) is 12.4 Å². The van der Waals surface area contributed by atoms with Crippen LogP contribution in [0.15, 0.2) is 62.3 Å². The molecule has 0 atom stereocenters. The fraction of sp³-hybridized carbons (Fsp3) is 0.150. The van der Waals surface area contributed by atoms with Gasteiger partial charge in [-0.1, -0.05) is 76.8 Å². The number of ether oxygens (including phenoxy) is 1. The van der Waals surface area contributed by atoms with Crippen LogP contribution < -0.4 is 15.3 Å². The van der Waals surface area contributed by atoms with E-state index >= 15 is 0 Å². The molecule has 12 heteroatoms. The SMILES string of the molecule is O=C([O-])COc1ccccc1/C=N\NC(=O)CSc1nnc(SCc2ccccc2Cl)s1. The van der Waals surface area contributed by atoms with Crippen molar-refractivity contribution in [1.29, 1.82) is 0 Å². The molecule has 1 aromatic heterocycles. The molecule has 0 aliphatic carbocycles. The number of hydrazone groups is 1. The van der Waals surface area contributed by atoms with Crippen molar-refractivity contribution >= 4 is 64.6 Å². The summed E-state index contributed by atoms with van der Waals surface area (Å²) in [6, 6.07) is 14.3. The zero-order valence-electron chi connectivity index (χ0n) is 16.4. The molecule has 1 N–H and O–H groups in total. The van der Waals surface area contributed by atoms with Crippen molar-refractivity contribution in [2.24, 2.45) is 5.10 Å².